The number of aryl methyl sites for hydroxylation is 1. The van der Waals surface area contributed by atoms with E-state index in [0.717, 1.165) is 0 Å². The van der Waals surface area contributed by atoms with Crippen LogP contribution in [0.1, 0.15) is 12.0 Å². The van der Waals surface area contributed by atoms with E-state index in [0.29, 0.717) is 24.2 Å². The fraction of sp³-hybridized carbons (Fsp3) is 0.400. The molecule has 0 heterocycles. The topological polar surface area (TPSA) is 72.2 Å². The molecule has 0 aliphatic rings. The number of hydrogen-bond acceptors (Lipinski definition) is 3. The molecule has 0 aliphatic carbocycles. The molecule has 16 heavy (non-hydrogen) atoms. The molecule has 90 valence electrons. The normalized spacial score (nSPS) is 11.4. The van der Waals surface area contributed by atoms with Crippen LogP contribution in [-0.2, 0) is 10.0 Å². The summed E-state index contributed by atoms with van der Waals surface area (Å²) in [4.78, 5) is 0. The Morgan fingerprint density at radius 3 is 2.69 bits per heavy atom. The lowest BCUT2D eigenvalue weighted by atomic mass is 10.2. The molecule has 0 aromatic heterocycles. The smallest absolute Gasteiger partial charge is 0.232 e. The van der Waals surface area contributed by atoms with Crippen LogP contribution in [0.5, 0.6) is 0 Å². The highest BCUT2D eigenvalue weighted by Gasteiger charge is 2.11. The van der Waals surface area contributed by atoms with Crippen molar-refractivity contribution in [2.75, 3.05) is 17.0 Å². The molecule has 1 aromatic rings. The molecule has 0 amide bonds. The molecule has 1 aromatic carbocycles. The quantitative estimate of drug-likeness (QED) is 0.820. The fourth-order valence-electron chi connectivity index (χ4n) is 1.23. The van der Waals surface area contributed by atoms with Gasteiger partial charge in [-0.3, -0.25) is 4.72 Å². The Morgan fingerprint density at radius 2 is 2.12 bits per heavy atom. The summed E-state index contributed by atoms with van der Waals surface area (Å²) in [6, 6.07) is 3.90. The van der Waals surface area contributed by atoms with Gasteiger partial charge in [-0.2, -0.15) is 0 Å². The SMILES string of the molecule is Cc1cc(F)ccc1NS(=O)(=O)CCCN. The first-order valence-corrected chi connectivity index (χ1v) is 6.56. The van der Waals surface area contributed by atoms with E-state index in [1.165, 1.54) is 18.2 Å². The first-order chi connectivity index (χ1) is 7.44. The highest BCUT2D eigenvalue weighted by atomic mass is 32.2. The van der Waals surface area contributed by atoms with Gasteiger partial charge in [-0.15, -0.1) is 0 Å². The zero-order chi connectivity index (χ0) is 12.2. The van der Waals surface area contributed by atoms with Gasteiger partial charge in [0.05, 0.1) is 11.4 Å². The second-order valence-corrected chi connectivity index (χ2v) is 5.36. The molecule has 0 aliphatic heterocycles. The highest BCUT2D eigenvalue weighted by molar-refractivity contribution is 7.92. The van der Waals surface area contributed by atoms with Crippen molar-refractivity contribution in [3.63, 3.8) is 0 Å². The standard InChI is InChI=1S/C10H15FN2O2S/c1-8-7-9(11)3-4-10(8)13-16(14,15)6-2-5-12/h3-4,7,13H,2,5-6,12H2,1H3. The maximum Gasteiger partial charge on any atom is 0.232 e. The number of sulfonamides is 1. The Kier molecular flexibility index (Phi) is 4.26. The van der Waals surface area contributed by atoms with Crippen LogP contribution in [0, 0.1) is 12.7 Å². The maximum atomic E-state index is 12.8. The summed E-state index contributed by atoms with van der Waals surface area (Å²) in [5, 5.41) is 0. The van der Waals surface area contributed by atoms with E-state index in [2.05, 4.69) is 4.72 Å². The molecule has 0 radical (unpaired) electrons. The van der Waals surface area contributed by atoms with Crippen LogP contribution < -0.4 is 10.5 Å². The predicted octanol–water partition coefficient (Wildman–Crippen LogP) is 1.22. The van der Waals surface area contributed by atoms with Crippen LogP contribution >= 0.6 is 0 Å². The zero-order valence-corrected chi connectivity index (χ0v) is 9.85. The van der Waals surface area contributed by atoms with Crippen molar-refractivity contribution < 1.29 is 12.8 Å². The van der Waals surface area contributed by atoms with E-state index < -0.39 is 10.0 Å². The lowest BCUT2D eigenvalue weighted by Gasteiger charge is -2.09. The third kappa shape index (κ3) is 3.79. The largest absolute Gasteiger partial charge is 0.330 e. The van der Waals surface area contributed by atoms with Crippen LogP contribution in [0.15, 0.2) is 18.2 Å². The highest BCUT2D eigenvalue weighted by Crippen LogP contribution is 2.17. The summed E-state index contributed by atoms with van der Waals surface area (Å²) in [6.45, 7) is 1.97. The van der Waals surface area contributed by atoms with Crippen LogP contribution in [0.3, 0.4) is 0 Å². The second-order valence-electron chi connectivity index (χ2n) is 3.52. The molecular formula is C10H15FN2O2S. The Labute approximate surface area is 94.7 Å². The number of nitrogens with two attached hydrogens (primary N) is 1. The molecule has 6 heteroatoms. The number of rotatable bonds is 5. The van der Waals surface area contributed by atoms with Gasteiger partial charge in [0.25, 0.3) is 0 Å². The van der Waals surface area contributed by atoms with E-state index in [-0.39, 0.29) is 11.6 Å². The van der Waals surface area contributed by atoms with E-state index in [1.807, 2.05) is 0 Å². The Hall–Kier alpha value is -1.14. The maximum absolute atomic E-state index is 12.8. The van der Waals surface area contributed by atoms with Gasteiger partial charge in [-0.25, -0.2) is 12.8 Å². The number of hydrogen-bond donors (Lipinski definition) is 2. The minimum absolute atomic E-state index is 0.0275. The molecular weight excluding hydrogens is 231 g/mol. The average Bonchev–Trinajstić information content (AvgIpc) is 2.19. The molecule has 3 N–H and O–H groups in total. The monoisotopic (exact) mass is 246 g/mol. The number of benzene rings is 1. The van der Waals surface area contributed by atoms with E-state index in [4.69, 9.17) is 5.73 Å². The van der Waals surface area contributed by atoms with Gasteiger partial charge in [-0.05, 0) is 43.7 Å². The lowest BCUT2D eigenvalue weighted by Crippen LogP contribution is -2.19. The fourth-order valence-corrected chi connectivity index (χ4v) is 2.45. The molecule has 0 atom stereocenters. The summed E-state index contributed by atoms with van der Waals surface area (Å²) in [5.41, 5.74) is 6.19. The lowest BCUT2D eigenvalue weighted by molar-refractivity contribution is 0.598. The van der Waals surface area contributed by atoms with Crippen molar-refractivity contribution in [3.05, 3.63) is 29.6 Å². The van der Waals surface area contributed by atoms with Crippen LogP contribution in [0.25, 0.3) is 0 Å². The number of anilines is 1. The molecule has 0 unspecified atom stereocenters. The van der Waals surface area contributed by atoms with Gasteiger partial charge in [0.2, 0.25) is 10.0 Å². The molecule has 4 nitrogen and oxygen atoms in total. The molecule has 1 rings (SSSR count). The van der Waals surface area contributed by atoms with Crippen molar-refractivity contribution in [1.82, 2.24) is 0 Å². The van der Waals surface area contributed by atoms with Gasteiger partial charge in [0.15, 0.2) is 0 Å². The minimum atomic E-state index is -3.38. The van der Waals surface area contributed by atoms with Gasteiger partial charge < -0.3 is 5.73 Å². The molecule has 0 fully saturated rings. The Bertz CT molecular complexity index is 460. The summed E-state index contributed by atoms with van der Waals surface area (Å²) < 4.78 is 38.3. The third-order valence-corrected chi connectivity index (χ3v) is 3.43. The molecule has 0 saturated heterocycles. The van der Waals surface area contributed by atoms with Crippen LogP contribution in [-0.4, -0.2) is 20.7 Å². The molecule has 0 saturated carbocycles. The Morgan fingerprint density at radius 1 is 1.44 bits per heavy atom. The van der Waals surface area contributed by atoms with Gasteiger partial charge in [-0.1, -0.05) is 0 Å². The third-order valence-electron chi connectivity index (χ3n) is 2.07. The van der Waals surface area contributed by atoms with Crippen LogP contribution in [0.2, 0.25) is 0 Å². The van der Waals surface area contributed by atoms with Crippen molar-refractivity contribution in [1.29, 1.82) is 0 Å². The van der Waals surface area contributed by atoms with Crippen molar-refractivity contribution in [2.45, 2.75) is 13.3 Å². The summed E-state index contributed by atoms with van der Waals surface area (Å²) >= 11 is 0. The van der Waals surface area contributed by atoms with Crippen molar-refractivity contribution in [3.8, 4) is 0 Å². The number of nitrogens with one attached hydrogen (secondary N) is 1. The van der Waals surface area contributed by atoms with E-state index in [1.54, 1.807) is 6.92 Å². The minimum Gasteiger partial charge on any atom is -0.330 e. The van der Waals surface area contributed by atoms with Crippen LogP contribution in [0.4, 0.5) is 10.1 Å². The average molecular weight is 246 g/mol. The predicted molar refractivity (Wildman–Crippen MR) is 62.2 cm³/mol. The summed E-state index contributed by atoms with van der Waals surface area (Å²) in [6.07, 6.45) is 0.398. The van der Waals surface area contributed by atoms with Gasteiger partial charge >= 0.3 is 0 Å². The molecule has 0 bridgehead atoms. The van der Waals surface area contributed by atoms with Crippen molar-refractivity contribution >= 4 is 15.7 Å². The van der Waals surface area contributed by atoms with Gasteiger partial charge in [0.1, 0.15) is 5.82 Å². The second kappa shape index (κ2) is 5.27. The first-order valence-electron chi connectivity index (χ1n) is 4.91. The number of halogens is 1. The summed E-state index contributed by atoms with van der Waals surface area (Å²) in [7, 11) is -3.38. The zero-order valence-electron chi connectivity index (χ0n) is 9.03. The van der Waals surface area contributed by atoms with E-state index >= 15 is 0 Å². The molecule has 0 spiro atoms. The van der Waals surface area contributed by atoms with Gasteiger partial charge in [0, 0.05) is 0 Å². The first kappa shape index (κ1) is 12.9. The van der Waals surface area contributed by atoms with E-state index in [9.17, 15) is 12.8 Å². The Balaban J connectivity index is 2.80. The summed E-state index contributed by atoms with van der Waals surface area (Å²) in [5.74, 6) is -0.414. The van der Waals surface area contributed by atoms with Crippen molar-refractivity contribution in [2.24, 2.45) is 5.73 Å².